The van der Waals surface area contributed by atoms with Crippen molar-refractivity contribution in [2.45, 2.75) is 20.4 Å². The van der Waals surface area contributed by atoms with Gasteiger partial charge in [0.25, 0.3) is 5.91 Å². The molecule has 0 fully saturated rings. The van der Waals surface area contributed by atoms with Gasteiger partial charge in [0.1, 0.15) is 0 Å². The van der Waals surface area contributed by atoms with Gasteiger partial charge in [0, 0.05) is 0 Å². The Morgan fingerprint density at radius 1 is 0.968 bits per heavy atom. The van der Waals surface area contributed by atoms with Crippen LogP contribution in [0, 0.1) is 13.8 Å². The minimum Gasteiger partial charge on any atom is -0.465 e. The fourth-order valence-electron chi connectivity index (χ4n) is 3.58. The van der Waals surface area contributed by atoms with Crippen molar-refractivity contribution in [2.24, 2.45) is 0 Å². The smallest absolute Gasteiger partial charge is 0.338 e. The summed E-state index contributed by atoms with van der Waals surface area (Å²) >= 11 is 1.48. The maximum absolute atomic E-state index is 13.7. The van der Waals surface area contributed by atoms with Crippen LogP contribution in [0.2, 0.25) is 0 Å². The summed E-state index contributed by atoms with van der Waals surface area (Å²) in [6.45, 7) is 4.42. The first-order chi connectivity index (χ1) is 15.0. The molecule has 0 radical (unpaired) electrons. The van der Waals surface area contributed by atoms with E-state index < -0.39 is 5.97 Å². The number of benzene rings is 3. The van der Waals surface area contributed by atoms with E-state index in [0.717, 1.165) is 26.9 Å². The van der Waals surface area contributed by atoms with E-state index >= 15 is 0 Å². The number of hydrogen-bond acceptors (Lipinski definition) is 5. The van der Waals surface area contributed by atoms with Gasteiger partial charge in [-0.2, -0.15) is 0 Å². The summed E-state index contributed by atoms with van der Waals surface area (Å²) in [4.78, 5) is 32.4. The maximum atomic E-state index is 13.7. The number of nitrogens with zero attached hydrogens (tertiary/aromatic N) is 2. The van der Waals surface area contributed by atoms with Gasteiger partial charge in [-0.15, -0.1) is 0 Å². The summed E-state index contributed by atoms with van der Waals surface area (Å²) in [6, 6.07) is 20.6. The van der Waals surface area contributed by atoms with Crippen LogP contribution in [0.15, 0.2) is 66.7 Å². The summed E-state index contributed by atoms with van der Waals surface area (Å²) in [5, 5.41) is 0.595. The number of esters is 1. The van der Waals surface area contributed by atoms with Crippen LogP contribution < -0.4 is 4.90 Å². The molecule has 0 unspecified atom stereocenters. The topological polar surface area (TPSA) is 59.5 Å². The standard InChI is InChI=1S/C25H22N2O3S/c1-16-13-17(2)22-21(14-16)26-25(31-22)27(15-18-9-5-4-6-10-18)23(28)19-11-7-8-12-20(19)24(29)30-3/h4-14H,15H2,1-3H3. The number of methoxy groups -OCH3 is 1. The van der Waals surface area contributed by atoms with Crippen molar-refractivity contribution in [2.75, 3.05) is 12.0 Å². The van der Waals surface area contributed by atoms with Gasteiger partial charge in [0.05, 0.1) is 35.0 Å². The van der Waals surface area contributed by atoms with Crippen LogP contribution >= 0.6 is 11.3 Å². The second-order valence-corrected chi connectivity index (χ2v) is 8.32. The predicted octanol–water partition coefficient (Wildman–Crippen LogP) is 5.55. The van der Waals surface area contributed by atoms with Crippen LogP contribution in [0.1, 0.15) is 37.4 Å². The van der Waals surface area contributed by atoms with Crippen LogP contribution in [0.25, 0.3) is 10.2 Å². The minimum atomic E-state index is -0.542. The number of fused-ring (bicyclic) bond motifs is 1. The number of carbonyl (C=O) groups is 2. The lowest BCUT2D eigenvalue weighted by atomic mass is 10.1. The number of rotatable bonds is 5. The molecule has 1 amide bonds. The summed E-state index contributed by atoms with van der Waals surface area (Å²) in [7, 11) is 1.31. The molecule has 0 saturated carbocycles. The molecule has 1 aromatic heterocycles. The third-order valence-electron chi connectivity index (χ3n) is 5.03. The number of aryl methyl sites for hydroxylation is 2. The van der Waals surface area contributed by atoms with Crippen molar-refractivity contribution in [3.63, 3.8) is 0 Å². The van der Waals surface area contributed by atoms with E-state index in [1.165, 1.54) is 18.4 Å². The van der Waals surface area contributed by atoms with Crippen molar-refractivity contribution in [3.8, 4) is 0 Å². The number of amides is 1. The molecule has 0 aliphatic rings. The lowest BCUT2D eigenvalue weighted by Gasteiger charge is -2.21. The molecule has 0 bridgehead atoms. The Kier molecular flexibility index (Phi) is 5.82. The molecule has 4 aromatic rings. The number of ether oxygens (including phenoxy) is 1. The minimum absolute atomic E-state index is 0.237. The highest BCUT2D eigenvalue weighted by molar-refractivity contribution is 7.22. The van der Waals surface area contributed by atoms with E-state index in [4.69, 9.17) is 9.72 Å². The Labute approximate surface area is 184 Å². The van der Waals surface area contributed by atoms with Gasteiger partial charge >= 0.3 is 5.97 Å². The third kappa shape index (κ3) is 4.20. The molecule has 0 atom stereocenters. The van der Waals surface area contributed by atoms with E-state index in [2.05, 4.69) is 6.07 Å². The van der Waals surface area contributed by atoms with E-state index in [-0.39, 0.29) is 17.0 Å². The van der Waals surface area contributed by atoms with Gasteiger partial charge in [-0.25, -0.2) is 9.78 Å². The van der Waals surface area contributed by atoms with Gasteiger partial charge in [-0.05, 0) is 48.7 Å². The van der Waals surface area contributed by atoms with Crippen molar-refractivity contribution >= 4 is 38.6 Å². The van der Waals surface area contributed by atoms with Gasteiger partial charge < -0.3 is 4.74 Å². The molecule has 0 saturated heterocycles. The van der Waals surface area contributed by atoms with E-state index in [0.29, 0.717) is 11.7 Å². The summed E-state index contributed by atoms with van der Waals surface area (Å²) in [5.41, 5.74) is 4.61. The zero-order valence-corrected chi connectivity index (χ0v) is 18.4. The van der Waals surface area contributed by atoms with Crippen LogP contribution in [0.3, 0.4) is 0 Å². The molecule has 0 aliphatic carbocycles. The number of aromatic nitrogens is 1. The number of thiazole rings is 1. The molecule has 4 rings (SSSR count). The maximum Gasteiger partial charge on any atom is 0.338 e. The first-order valence-electron chi connectivity index (χ1n) is 9.89. The Morgan fingerprint density at radius 3 is 2.35 bits per heavy atom. The quantitative estimate of drug-likeness (QED) is 0.390. The summed E-state index contributed by atoms with van der Waals surface area (Å²) in [6.07, 6.45) is 0. The van der Waals surface area contributed by atoms with Crippen molar-refractivity contribution in [1.29, 1.82) is 0 Å². The zero-order chi connectivity index (χ0) is 22.0. The molecule has 0 N–H and O–H groups in total. The van der Waals surface area contributed by atoms with Crippen molar-refractivity contribution in [3.05, 3.63) is 94.5 Å². The van der Waals surface area contributed by atoms with E-state index in [1.54, 1.807) is 29.2 Å². The molecule has 0 spiro atoms. The lowest BCUT2D eigenvalue weighted by Crippen LogP contribution is -2.31. The molecule has 1 heterocycles. The molecule has 31 heavy (non-hydrogen) atoms. The monoisotopic (exact) mass is 430 g/mol. The third-order valence-corrected chi connectivity index (χ3v) is 6.26. The van der Waals surface area contributed by atoms with E-state index in [1.807, 2.05) is 50.2 Å². The molecule has 3 aromatic carbocycles. The van der Waals surface area contributed by atoms with Crippen LogP contribution in [0.5, 0.6) is 0 Å². The van der Waals surface area contributed by atoms with Crippen molar-refractivity contribution in [1.82, 2.24) is 4.98 Å². The Bertz CT molecular complexity index is 1260. The highest BCUT2D eigenvalue weighted by Gasteiger charge is 2.26. The van der Waals surface area contributed by atoms with Gasteiger partial charge in [-0.1, -0.05) is 59.9 Å². The van der Waals surface area contributed by atoms with Crippen molar-refractivity contribution < 1.29 is 14.3 Å². The first-order valence-corrected chi connectivity index (χ1v) is 10.7. The summed E-state index contributed by atoms with van der Waals surface area (Å²) < 4.78 is 5.93. The van der Waals surface area contributed by atoms with Gasteiger partial charge in [0.15, 0.2) is 5.13 Å². The summed E-state index contributed by atoms with van der Waals surface area (Å²) in [5.74, 6) is -0.835. The first kappa shape index (κ1) is 20.8. The largest absolute Gasteiger partial charge is 0.465 e. The van der Waals surface area contributed by atoms with Crippen LogP contribution in [-0.4, -0.2) is 24.0 Å². The molecular formula is C25H22N2O3S. The fraction of sp³-hybridized carbons (Fsp3) is 0.160. The van der Waals surface area contributed by atoms with Crippen LogP contribution in [-0.2, 0) is 11.3 Å². The van der Waals surface area contributed by atoms with Crippen LogP contribution in [0.4, 0.5) is 5.13 Å². The Morgan fingerprint density at radius 2 is 1.65 bits per heavy atom. The second kappa shape index (κ2) is 8.70. The molecule has 0 aliphatic heterocycles. The van der Waals surface area contributed by atoms with Gasteiger partial charge in [-0.3, -0.25) is 9.69 Å². The second-order valence-electron chi connectivity index (χ2n) is 7.34. The number of carbonyl (C=O) groups excluding carboxylic acids is 2. The average molecular weight is 431 g/mol. The number of anilines is 1. The molecule has 5 nitrogen and oxygen atoms in total. The van der Waals surface area contributed by atoms with Gasteiger partial charge in [0.2, 0.25) is 0 Å². The SMILES string of the molecule is COC(=O)c1ccccc1C(=O)N(Cc1ccccc1)c1nc2cc(C)cc(C)c2s1. The Hall–Kier alpha value is -3.51. The average Bonchev–Trinajstić information content (AvgIpc) is 3.21. The number of hydrogen-bond donors (Lipinski definition) is 0. The molecular weight excluding hydrogens is 408 g/mol. The molecule has 156 valence electrons. The lowest BCUT2D eigenvalue weighted by molar-refractivity contribution is 0.0597. The molecule has 6 heteroatoms. The zero-order valence-electron chi connectivity index (χ0n) is 17.6. The highest BCUT2D eigenvalue weighted by atomic mass is 32.1. The Balaban J connectivity index is 1.83. The normalized spacial score (nSPS) is 10.8. The highest BCUT2D eigenvalue weighted by Crippen LogP contribution is 2.34. The van der Waals surface area contributed by atoms with E-state index in [9.17, 15) is 9.59 Å². The fourth-order valence-corrected chi connectivity index (χ4v) is 4.59. The predicted molar refractivity (Wildman–Crippen MR) is 124 cm³/mol.